The molecule has 7 nitrogen and oxygen atoms in total. The highest BCUT2D eigenvalue weighted by molar-refractivity contribution is 5.94. The highest BCUT2D eigenvalue weighted by Crippen LogP contribution is 2.10. The van der Waals surface area contributed by atoms with Gasteiger partial charge in [-0.25, -0.2) is 0 Å². The Morgan fingerprint density at radius 2 is 1.81 bits per heavy atom. The number of aromatic nitrogens is 1. The zero-order valence-corrected chi connectivity index (χ0v) is 15.4. The summed E-state index contributed by atoms with van der Waals surface area (Å²) in [7, 11) is 1.60. The molecule has 0 aliphatic carbocycles. The minimum atomic E-state index is -0.117. The molecule has 1 heterocycles. The fraction of sp³-hybridized carbons (Fsp3) is 0.368. The Bertz CT molecular complexity index is 680. The quantitative estimate of drug-likeness (QED) is 0.361. The van der Waals surface area contributed by atoms with Gasteiger partial charge in [-0.2, -0.15) is 0 Å². The molecule has 0 saturated heterocycles. The van der Waals surface area contributed by atoms with Gasteiger partial charge in [0.15, 0.2) is 5.96 Å². The Labute approximate surface area is 154 Å². The Kier molecular flexibility index (Phi) is 8.05. The first-order valence-electron chi connectivity index (χ1n) is 8.78. The second-order valence-corrected chi connectivity index (χ2v) is 5.59. The molecule has 1 aromatic carbocycles. The van der Waals surface area contributed by atoms with Gasteiger partial charge >= 0.3 is 0 Å². The van der Waals surface area contributed by atoms with E-state index in [1.54, 1.807) is 31.4 Å². The van der Waals surface area contributed by atoms with E-state index in [4.69, 9.17) is 4.74 Å². The van der Waals surface area contributed by atoms with Crippen molar-refractivity contribution >= 4 is 11.9 Å². The molecule has 3 N–H and O–H groups in total. The smallest absolute Gasteiger partial charge is 0.251 e. The summed E-state index contributed by atoms with van der Waals surface area (Å²) < 4.78 is 7.19. The molecule has 0 radical (unpaired) electrons. The van der Waals surface area contributed by atoms with E-state index in [0.29, 0.717) is 18.7 Å². The van der Waals surface area contributed by atoms with Crippen molar-refractivity contribution in [3.8, 4) is 5.75 Å². The maximum absolute atomic E-state index is 12.1. The molecule has 1 aromatic heterocycles. The van der Waals surface area contributed by atoms with Gasteiger partial charge in [-0.3, -0.25) is 9.79 Å². The van der Waals surface area contributed by atoms with Crippen LogP contribution in [0.4, 0.5) is 0 Å². The number of nitrogens with one attached hydrogen (secondary N) is 3. The highest BCUT2D eigenvalue weighted by atomic mass is 16.5. The predicted octanol–water partition coefficient (Wildman–Crippen LogP) is 1.48. The molecule has 7 heteroatoms. The van der Waals surface area contributed by atoms with Gasteiger partial charge < -0.3 is 25.3 Å². The SMILES string of the molecule is CCNC(=NCCNC(=O)c1ccc(OC)cc1)NCCn1cccc1. The lowest BCUT2D eigenvalue weighted by molar-refractivity contribution is 0.0955. The van der Waals surface area contributed by atoms with Crippen molar-refractivity contribution in [2.24, 2.45) is 4.99 Å². The normalized spacial score (nSPS) is 11.1. The number of hydrogen-bond donors (Lipinski definition) is 3. The summed E-state index contributed by atoms with van der Waals surface area (Å²) in [5, 5.41) is 9.35. The third-order valence-corrected chi connectivity index (χ3v) is 3.69. The topological polar surface area (TPSA) is 79.7 Å². The number of aliphatic imine (C=N–C) groups is 1. The molecular formula is C19H27N5O2. The summed E-state index contributed by atoms with van der Waals surface area (Å²) in [6.45, 7) is 5.42. The van der Waals surface area contributed by atoms with Crippen molar-refractivity contribution in [3.05, 3.63) is 54.4 Å². The summed E-state index contributed by atoms with van der Waals surface area (Å²) in [6, 6.07) is 11.0. The minimum absolute atomic E-state index is 0.117. The summed E-state index contributed by atoms with van der Waals surface area (Å²) >= 11 is 0. The van der Waals surface area contributed by atoms with E-state index < -0.39 is 0 Å². The summed E-state index contributed by atoms with van der Waals surface area (Å²) in [6.07, 6.45) is 4.06. The number of rotatable bonds is 9. The third-order valence-electron chi connectivity index (χ3n) is 3.69. The van der Waals surface area contributed by atoms with Crippen LogP contribution < -0.4 is 20.7 Å². The number of carbonyl (C=O) groups excluding carboxylic acids is 1. The van der Waals surface area contributed by atoms with Gasteiger partial charge in [0, 0.05) is 44.1 Å². The molecule has 0 unspecified atom stereocenters. The second kappa shape index (κ2) is 10.8. The zero-order chi connectivity index (χ0) is 18.6. The van der Waals surface area contributed by atoms with Crippen molar-refractivity contribution in [2.45, 2.75) is 13.5 Å². The average Bonchev–Trinajstić information content (AvgIpc) is 3.18. The van der Waals surface area contributed by atoms with Crippen LogP contribution in [0.3, 0.4) is 0 Å². The van der Waals surface area contributed by atoms with E-state index in [1.165, 1.54) is 0 Å². The molecular weight excluding hydrogens is 330 g/mol. The fourth-order valence-corrected chi connectivity index (χ4v) is 2.35. The van der Waals surface area contributed by atoms with E-state index >= 15 is 0 Å². The van der Waals surface area contributed by atoms with Gasteiger partial charge in [-0.05, 0) is 43.3 Å². The molecule has 0 bridgehead atoms. The lowest BCUT2D eigenvalue weighted by Crippen LogP contribution is -2.39. The van der Waals surface area contributed by atoms with Gasteiger partial charge in [0.1, 0.15) is 5.75 Å². The Morgan fingerprint density at radius 1 is 1.08 bits per heavy atom. The Hall–Kier alpha value is -2.96. The average molecular weight is 357 g/mol. The van der Waals surface area contributed by atoms with E-state index in [-0.39, 0.29) is 5.91 Å². The molecule has 140 valence electrons. The number of nitrogens with zero attached hydrogens (tertiary/aromatic N) is 2. The van der Waals surface area contributed by atoms with Gasteiger partial charge in [-0.1, -0.05) is 0 Å². The molecule has 2 aromatic rings. The van der Waals surface area contributed by atoms with Crippen LogP contribution in [0, 0.1) is 0 Å². The first kappa shape index (κ1) is 19.4. The van der Waals surface area contributed by atoms with E-state index in [2.05, 4.69) is 25.5 Å². The van der Waals surface area contributed by atoms with Crippen LogP contribution in [0.15, 0.2) is 53.8 Å². The molecule has 0 fully saturated rings. The lowest BCUT2D eigenvalue weighted by Gasteiger charge is -2.12. The second-order valence-electron chi connectivity index (χ2n) is 5.59. The summed E-state index contributed by atoms with van der Waals surface area (Å²) in [4.78, 5) is 16.6. The number of carbonyl (C=O) groups is 1. The van der Waals surface area contributed by atoms with Crippen LogP contribution in [-0.4, -0.2) is 49.7 Å². The lowest BCUT2D eigenvalue weighted by atomic mass is 10.2. The molecule has 26 heavy (non-hydrogen) atoms. The first-order valence-corrected chi connectivity index (χ1v) is 8.78. The third kappa shape index (κ3) is 6.51. The van der Waals surface area contributed by atoms with Crippen molar-refractivity contribution in [3.63, 3.8) is 0 Å². The van der Waals surface area contributed by atoms with Crippen molar-refractivity contribution in [1.82, 2.24) is 20.5 Å². The van der Waals surface area contributed by atoms with Crippen molar-refractivity contribution in [2.75, 3.05) is 33.3 Å². The van der Waals surface area contributed by atoms with E-state index in [0.717, 1.165) is 31.3 Å². The molecule has 0 spiro atoms. The van der Waals surface area contributed by atoms with Crippen LogP contribution in [-0.2, 0) is 6.54 Å². The van der Waals surface area contributed by atoms with Gasteiger partial charge in [0.2, 0.25) is 0 Å². The number of guanidine groups is 1. The maximum atomic E-state index is 12.1. The van der Waals surface area contributed by atoms with Gasteiger partial charge in [0.05, 0.1) is 13.7 Å². The van der Waals surface area contributed by atoms with Crippen LogP contribution in [0.5, 0.6) is 5.75 Å². The minimum Gasteiger partial charge on any atom is -0.497 e. The van der Waals surface area contributed by atoms with E-state index in [9.17, 15) is 4.79 Å². The van der Waals surface area contributed by atoms with Crippen LogP contribution >= 0.6 is 0 Å². The molecule has 1 amide bonds. The fourth-order valence-electron chi connectivity index (χ4n) is 2.35. The number of ether oxygens (including phenoxy) is 1. The number of amides is 1. The number of methoxy groups -OCH3 is 1. The van der Waals surface area contributed by atoms with Gasteiger partial charge in [0.25, 0.3) is 5.91 Å². The molecule has 0 aliphatic rings. The highest BCUT2D eigenvalue weighted by Gasteiger charge is 2.04. The molecule has 0 saturated carbocycles. The summed E-state index contributed by atoms with van der Waals surface area (Å²) in [5.74, 6) is 1.36. The van der Waals surface area contributed by atoms with Crippen LogP contribution in [0.1, 0.15) is 17.3 Å². The van der Waals surface area contributed by atoms with E-state index in [1.807, 2.05) is 31.5 Å². The molecule has 2 rings (SSSR count). The monoisotopic (exact) mass is 357 g/mol. The predicted molar refractivity (Wildman–Crippen MR) is 104 cm³/mol. The largest absolute Gasteiger partial charge is 0.497 e. The number of benzene rings is 1. The number of hydrogen-bond acceptors (Lipinski definition) is 3. The summed E-state index contributed by atoms with van der Waals surface area (Å²) in [5.41, 5.74) is 0.603. The Morgan fingerprint density at radius 3 is 2.46 bits per heavy atom. The molecule has 0 atom stereocenters. The van der Waals surface area contributed by atoms with Crippen LogP contribution in [0.2, 0.25) is 0 Å². The van der Waals surface area contributed by atoms with Crippen molar-refractivity contribution < 1.29 is 9.53 Å². The van der Waals surface area contributed by atoms with Gasteiger partial charge in [-0.15, -0.1) is 0 Å². The zero-order valence-electron chi connectivity index (χ0n) is 15.4. The first-order chi connectivity index (χ1) is 12.7. The van der Waals surface area contributed by atoms with Crippen molar-refractivity contribution in [1.29, 1.82) is 0 Å². The Balaban J connectivity index is 1.73. The molecule has 0 aliphatic heterocycles. The maximum Gasteiger partial charge on any atom is 0.251 e. The standard InChI is InChI=1S/C19H27N5O2/c1-3-20-19(23-12-15-24-13-4-5-14-24)22-11-10-21-18(25)16-6-8-17(26-2)9-7-16/h4-9,13-14H,3,10-12,15H2,1-2H3,(H,21,25)(H2,20,22,23). The van der Waals surface area contributed by atoms with Crippen LogP contribution in [0.25, 0.3) is 0 Å².